The number of likely N-dealkylation sites (tertiary alicyclic amines) is 1. The summed E-state index contributed by atoms with van der Waals surface area (Å²) in [5, 5.41) is 23.5. The van der Waals surface area contributed by atoms with Gasteiger partial charge in [0.15, 0.2) is 11.5 Å². The van der Waals surface area contributed by atoms with E-state index in [0.29, 0.717) is 43.9 Å². The molecule has 2 aliphatic heterocycles. The van der Waals surface area contributed by atoms with E-state index in [1.165, 1.54) is 25.0 Å². The molecule has 1 spiro atoms. The summed E-state index contributed by atoms with van der Waals surface area (Å²) in [6.45, 7) is 3.94. The molecule has 1 amide bonds. The molecular formula is C32H33F3N2O4. The van der Waals surface area contributed by atoms with Gasteiger partial charge in [0.2, 0.25) is 0 Å². The van der Waals surface area contributed by atoms with Crippen LogP contribution in [0.1, 0.15) is 61.3 Å². The molecule has 2 aromatic rings. The van der Waals surface area contributed by atoms with Crippen LogP contribution in [0.4, 0.5) is 13.2 Å². The molecule has 0 aromatic heterocycles. The maximum Gasteiger partial charge on any atom is 0.416 e. The first-order chi connectivity index (χ1) is 19.6. The van der Waals surface area contributed by atoms with Crippen molar-refractivity contribution in [1.82, 2.24) is 9.80 Å². The van der Waals surface area contributed by atoms with Gasteiger partial charge in [0.05, 0.1) is 22.6 Å². The SMILES string of the molecule is CCN(C(=O)C#Cc1cccc(C(F)(F)F)c1)[C@@H]1CC[C@@]2(O)[C@H]3Cc4ccc(O)c5c4[C@@]2(CCN3CC2CC2)[C@H]1O5. The number of carbonyl (C=O) groups excluding carboxylic acids is 1. The molecule has 41 heavy (non-hydrogen) atoms. The van der Waals surface area contributed by atoms with Gasteiger partial charge in [-0.25, -0.2) is 0 Å². The topological polar surface area (TPSA) is 73.2 Å². The van der Waals surface area contributed by atoms with Crippen molar-refractivity contribution < 1.29 is 32.9 Å². The second-order valence-electron chi connectivity index (χ2n) is 12.3. The summed E-state index contributed by atoms with van der Waals surface area (Å²) >= 11 is 0. The molecule has 2 bridgehead atoms. The summed E-state index contributed by atoms with van der Waals surface area (Å²) in [6, 6.07) is 7.75. The van der Waals surface area contributed by atoms with Crippen molar-refractivity contribution in [3.8, 4) is 23.3 Å². The summed E-state index contributed by atoms with van der Waals surface area (Å²) in [6.07, 6.45) is -0.316. The largest absolute Gasteiger partial charge is 0.504 e. The van der Waals surface area contributed by atoms with E-state index in [-0.39, 0.29) is 17.4 Å². The number of phenols is 1. The van der Waals surface area contributed by atoms with Crippen molar-refractivity contribution in [1.29, 1.82) is 0 Å². The zero-order valence-electron chi connectivity index (χ0n) is 22.9. The number of halogens is 3. The van der Waals surface area contributed by atoms with Crippen LogP contribution < -0.4 is 4.74 Å². The van der Waals surface area contributed by atoms with Gasteiger partial charge in [-0.2, -0.15) is 13.2 Å². The van der Waals surface area contributed by atoms with Crippen LogP contribution in [0.3, 0.4) is 0 Å². The third-order valence-corrected chi connectivity index (χ3v) is 10.2. The summed E-state index contributed by atoms with van der Waals surface area (Å²) in [7, 11) is 0. The van der Waals surface area contributed by atoms with Crippen LogP contribution in [0.25, 0.3) is 0 Å². The number of hydrogen-bond donors (Lipinski definition) is 2. The third kappa shape index (κ3) is 3.90. The highest BCUT2D eigenvalue weighted by Gasteiger charge is 2.73. The number of ether oxygens (including phenoxy) is 1. The van der Waals surface area contributed by atoms with Gasteiger partial charge in [-0.3, -0.25) is 9.69 Å². The third-order valence-electron chi connectivity index (χ3n) is 10.2. The molecule has 1 saturated heterocycles. The molecule has 3 aliphatic carbocycles. The Morgan fingerprint density at radius 2 is 2.00 bits per heavy atom. The van der Waals surface area contributed by atoms with Crippen molar-refractivity contribution in [2.45, 2.75) is 80.8 Å². The van der Waals surface area contributed by atoms with E-state index in [9.17, 15) is 28.2 Å². The highest BCUT2D eigenvalue weighted by atomic mass is 19.4. The fraction of sp³-hybridized carbons (Fsp3) is 0.531. The second kappa shape index (κ2) is 9.14. The lowest BCUT2D eigenvalue weighted by molar-refractivity contribution is -0.201. The molecule has 6 nitrogen and oxygen atoms in total. The van der Waals surface area contributed by atoms with E-state index < -0.39 is 40.8 Å². The molecule has 2 aromatic carbocycles. The zero-order chi connectivity index (χ0) is 28.7. The van der Waals surface area contributed by atoms with Gasteiger partial charge < -0.3 is 19.8 Å². The van der Waals surface area contributed by atoms with Gasteiger partial charge in [-0.05, 0) is 87.7 Å². The van der Waals surface area contributed by atoms with Gasteiger partial charge in [0, 0.05) is 36.2 Å². The van der Waals surface area contributed by atoms with Crippen molar-refractivity contribution in [3.05, 3.63) is 58.7 Å². The van der Waals surface area contributed by atoms with Crippen molar-refractivity contribution in [3.63, 3.8) is 0 Å². The fourth-order valence-corrected chi connectivity index (χ4v) is 8.27. The smallest absolute Gasteiger partial charge is 0.416 e. The number of amides is 1. The predicted octanol–water partition coefficient (Wildman–Crippen LogP) is 4.24. The molecular weight excluding hydrogens is 533 g/mol. The highest BCUT2D eigenvalue weighted by Crippen LogP contribution is 2.66. The van der Waals surface area contributed by atoms with Crippen molar-refractivity contribution in [2.24, 2.45) is 5.92 Å². The van der Waals surface area contributed by atoms with E-state index in [1.54, 1.807) is 11.0 Å². The zero-order valence-corrected chi connectivity index (χ0v) is 22.9. The van der Waals surface area contributed by atoms with Crippen LogP contribution in [-0.2, 0) is 22.8 Å². The van der Waals surface area contributed by atoms with Gasteiger partial charge in [-0.15, -0.1) is 0 Å². The molecule has 216 valence electrons. The van der Waals surface area contributed by atoms with Gasteiger partial charge in [0.1, 0.15) is 6.10 Å². The van der Waals surface area contributed by atoms with E-state index in [4.69, 9.17) is 4.74 Å². The Morgan fingerprint density at radius 1 is 1.20 bits per heavy atom. The van der Waals surface area contributed by atoms with Crippen LogP contribution in [0, 0.1) is 17.8 Å². The molecule has 5 atom stereocenters. The molecule has 2 heterocycles. The Bertz CT molecular complexity index is 1480. The average Bonchev–Trinajstić information content (AvgIpc) is 3.68. The number of nitrogens with zero attached hydrogens (tertiary/aromatic N) is 2. The highest BCUT2D eigenvalue weighted by molar-refractivity contribution is 5.94. The molecule has 9 heteroatoms. The number of benzene rings is 2. The molecule has 0 radical (unpaired) electrons. The summed E-state index contributed by atoms with van der Waals surface area (Å²) in [5.41, 5.74) is -0.588. The van der Waals surface area contributed by atoms with E-state index in [2.05, 4.69) is 16.7 Å². The number of aromatic hydroxyl groups is 1. The summed E-state index contributed by atoms with van der Waals surface area (Å²) < 4.78 is 46.1. The molecule has 2 saturated carbocycles. The fourth-order valence-electron chi connectivity index (χ4n) is 8.27. The number of piperidine rings is 1. The first-order valence-corrected chi connectivity index (χ1v) is 14.5. The quantitative estimate of drug-likeness (QED) is 0.542. The summed E-state index contributed by atoms with van der Waals surface area (Å²) in [4.78, 5) is 17.6. The van der Waals surface area contributed by atoms with Gasteiger partial charge in [0.25, 0.3) is 5.91 Å². The first kappa shape index (κ1) is 26.7. The minimum Gasteiger partial charge on any atom is -0.504 e. The minimum absolute atomic E-state index is 0.0335. The normalized spacial score (nSPS) is 31.5. The van der Waals surface area contributed by atoms with Gasteiger partial charge in [-0.1, -0.05) is 18.1 Å². The number of carbonyl (C=O) groups is 1. The van der Waals surface area contributed by atoms with Crippen molar-refractivity contribution in [2.75, 3.05) is 19.6 Å². The number of likely N-dealkylation sites (N-methyl/N-ethyl adjacent to an activating group) is 1. The Balaban J connectivity index is 1.24. The molecule has 3 fully saturated rings. The standard InChI is InChI=1S/C32H33F3N2O4/c1-2-37(26(39)11-8-19-4-3-5-22(16-19)32(33,34)35)23-12-13-31(40)25-17-21-9-10-24(38)28-27(21)30(31,29(23)41-28)14-15-36(25)18-20-6-7-20/h3-5,9-10,16,20,23,25,29,38,40H,2,6-7,12-15,17-18H2,1H3/t23-,25-,29+,30+,31-/m1/s1. The van der Waals surface area contributed by atoms with Crippen LogP contribution in [0.2, 0.25) is 0 Å². The average molecular weight is 567 g/mol. The predicted molar refractivity (Wildman–Crippen MR) is 144 cm³/mol. The Hall–Kier alpha value is -3.22. The molecule has 5 aliphatic rings. The first-order valence-electron chi connectivity index (χ1n) is 14.5. The lowest BCUT2D eigenvalue weighted by Crippen LogP contribution is -2.78. The lowest BCUT2D eigenvalue weighted by Gasteiger charge is -2.64. The molecule has 0 unspecified atom stereocenters. The maximum atomic E-state index is 13.5. The minimum atomic E-state index is -4.50. The van der Waals surface area contributed by atoms with Crippen LogP contribution >= 0.6 is 0 Å². The number of phenolic OH excluding ortho intramolecular Hbond substituents is 1. The lowest BCUT2D eigenvalue weighted by atomic mass is 9.48. The monoisotopic (exact) mass is 566 g/mol. The van der Waals surface area contributed by atoms with E-state index in [1.807, 2.05) is 13.0 Å². The van der Waals surface area contributed by atoms with Crippen molar-refractivity contribution >= 4 is 5.91 Å². The molecule has 2 N–H and O–H groups in total. The van der Waals surface area contributed by atoms with Crippen LogP contribution in [0.5, 0.6) is 11.5 Å². The summed E-state index contributed by atoms with van der Waals surface area (Å²) in [5.74, 6) is 5.82. The van der Waals surface area contributed by atoms with E-state index >= 15 is 0 Å². The molecule has 7 rings (SSSR count). The number of rotatable bonds is 4. The number of hydrogen-bond acceptors (Lipinski definition) is 5. The Morgan fingerprint density at radius 3 is 2.73 bits per heavy atom. The van der Waals surface area contributed by atoms with E-state index in [0.717, 1.165) is 36.3 Å². The van der Waals surface area contributed by atoms with Crippen LogP contribution in [-0.4, -0.2) is 69.3 Å². The Kier molecular flexibility index (Phi) is 5.94. The second-order valence-corrected chi connectivity index (χ2v) is 12.3. The van der Waals surface area contributed by atoms with Crippen LogP contribution in [0.15, 0.2) is 36.4 Å². The number of alkyl halides is 3. The van der Waals surface area contributed by atoms with Gasteiger partial charge >= 0.3 is 6.18 Å². The number of aliphatic hydroxyl groups is 1. The maximum absolute atomic E-state index is 13.5. The Labute approximate surface area is 237 Å².